The van der Waals surface area contributed by atoms with Gasteiger partial charge < -0.3 is 10.2 Å². The van der Waals surface area contributed by atoms with Gasteiger partial charge in [-0.15, -0.1) is 0 Å². The van der Waals surface area contributed by atoms with E-state index < -0.39 is 11.4 Å². The van der Waals surface area contributed by atoms with E-state index in [1.807, 2.05) is 13.0 Å². The third-order valence-electron chi connectivity index (χ3n) is 13.1. The van der Waals surface area contributed by atoms with Gasteiger partial charge in [0.2, 0.25) is 0 Å². The van der Waals surface area contributed by atoms with Crippen molar-refractivity contribution in [3.8, 4) is 0 Å². The average molecular weight is 471 g/mol. The molecule has 190 valence electrons. The number of allylic oxidation sites excluding steroid dienone is 2. The molecule has 2 N–H and O–H groups in total. The van der Waals surface area contributed by atoms with Crippen LogP contribution in [0, 0.1) is 50.2 Å². The zero-order valence-corrected chi connectivity index (χ0v) is 22.5. The molecule has 4 heteroatoms. The minimum Gasteiger partial charge on any atom is -0.481 e. The van der Waals surface area contributed by atoms with Crippen molar-refractivity contribution in [2.24, 2.45) is 50.2 Å². The molecule has 4 fully saturated rings. The molecule has 4 nitrogen and oxygen atoms in total. The van der Waals surface area contributed by atoms with Gasteiger partial charge in [-0.1, -0.05) is 47.1 Å². The second kappa shape index (κ2) is 6.99. The number of hydrogen-bond acceptors (Lipinski definition) is 3. The standard InChI is InChI=1S/C30H46O4/c1-25(2)21-8-11-30(7)23(28(21,5)10-9-22(25)32)20(31)16-18-19-17-27(4,24(33)34)13-12-26(19,3)14-15-29(18,30)6/h16,19,21-23,32H,8-15,17H2,1-7H3,(H,33,34)/t19?,21?,22-,23?,26+,27+,28-,29+,30+/m0/s1. The minimum atomic E-state index is -0.711. The third kappa shape index (κ3) is 2.81. The van der Waals surface area contributed by atoms with Crippen molar-refractivity contribution in [1.29, 1.82) is 0 Å². The smallest absolute Gasteiger partial charge is 0.309 e. The Morgan fingerprint density at radius 1 is 0.912 bits per heavy atom. The lowest BCUT2D eigenvalue weighted by atomic mass is 9.33. The molecule has 9 atom stereocenters. The summed E-state index contributed by atoms with van der Waals surface area (Å²) in [5, 5.41) is 20.9. The number of aliphatic hydroxyl groups is 1. The highest BCUT2D eigenvalue weighted by atomic mass is 16.4. The number of carbonyl (C=O) groups is 2. The number of carbonyl (C=O) groups excluding carboxylic acids is 1. The van der Waals surface area contributed by atoms with E-state index in [2.05, 4.69) is 41.5 Å². The van der Waals surface area contributed by atoms with Crippen LogP contribution in [0.5, 0.6) is 0 Å². The summed E-state index contributed by atoms with van der Waals surface area (Å²) < 4.78 is 0. The van der Waals surface area contributed by atoms with Crippen LogP contribution in [0.15, 0.2) is 11.6 Å². The first-order chi connectivity index (χ1) is 15.6. The summed E-state index contributed by atoms with van der Waals surface area (Å²) in [6.45, 7) is 15.8. The first-order valence-electron chi connectivity index (χ1n) is 13.7. The molecule has 0 saturated heterocycles. The number of aliphatic carboxylic acids is 1. The van der Waals surface area contributed by atoms with Gasteiger partial charge in [0.1, 0.15) is 0 Å². The number of hydrogen-bond donors (Lipinski definition) is 2. The van der Waals surface area contributed by atoms with Crippen molar-refractivity contribution < 1.29 is 19.8 Å². The lowest BCUT2D eigenvalue weighted by molar-refractivity contribution is -0.202. The molecule has 3 unspecified atom stereocenters. The van der Waals surface area contributed by atoms with Crippen molar-refractivity contribution in [3.63, 3.8) is 0 Å². The molecule has 5 aliphatic carbocycles. The first kappa shape index (κ1) is 24.5. The zero-order valence-electron chi connectivity index (χ0n) is 22.5. The molecule has 0 aliphatic heterocycles. The van der Waals surface area contributed by atoms with Crippen molar-refractivity contribution in [3.05, 3.63) is 11.6 Å². The zero-order chi connectivity index (χ0) is 25.1. The van der Waals surface area contributed by atoms with E-state index in [0.29, 0.717) is 12.3 Å². The molecule has 0 aromatic rings. The van der Waals surface area contributed by atoms with Gasteiger partial charge in [-0.3, -0.25) is 9.59 Å². The van der Waals surface area contributed by atoms with Crippen LogP contribution < -0.4 is 0 Å². The van der Waals surface area contributed by atoms with Gasteiger partial charge in [0, 0.05) is 5.92 Å². The van der Waals surface area contributed by atoms with Crippen LogP contribution >= 0.6 is 0 Å². The summed E-state index contributed by atoms with van der Waals surface area (Å²) in [4.78, 5) is 26.4. The van der Waals surface area contributed by atoms with Crippen LogP contribution in [0.25, 0.3) is 0 Å². The largest absolute Gasteiger partial charge is 0.481 e. The van der Waals surface area contributed by atoms with E-state index in [0.717, 1.165) is 51.4 Å². The molecule has 4 saturated carbocycles. The fourth-order valence-corrected chi connectivity index (χ4v) is 10.4. The van der Waals surface area contributed by atoms with Gasteiger partial charge >= 0.3 is 5.97 Å². The highest BCUT2D eigenvalue weighted by molar-refractivity contribution is 5.95. The lowest BCUT2D eigenvalue weighted by Gasteiger charge is -2.70. The van der Waals surface area contributed by atoms with Crippen LogP contribution in [-0.4, -0.2) is 28.1 Å². The van der Waals surface area contributed by atoms with Gasteiger partial charge in [0.25, 0.3) is 0 Å². The molecule has 0 bridgehead atoms. The maximum atomic E-state index is 14.2. The molecular formula is C30H46O4. The molecule has 5 rings (SSSR count). The van der Waals surface area contributed by atoms with E-state index in [1.54, 1.807) is 0 Å². The highest BCUT2D eigenvalue weighted by Crippen LogP contribution is 2.75. The second-order valence-corrected chi connectivity index (χ2v) is 14.9. The van der Waals surface area contributed by atoms with E-state index in [4.69, 9.17) is 0 Å². The van der Waals surface area contributed by atoms with E-state index >= 15 is 0 Å². The number of fused-ring (bicyclic) bond motifs is 7. The predicted octanol–water partition coefficient (Wildman–Crippen LogP) is 6.41. The Kier molecular flexibility index (Phi) is 5.04. The fourth-order valence-electron chi connectivity index (χ4n) is 10.4. The SMILES string of the molecule is CC1(C)C2CC[C@]3(C)C(C(=O)C=C4C5C[C@](C)(C(=O)O)CC[C@]5(C)CC[C@]43C)[C@@]2(C)CC[C@@H]1O. The Morgan fingerprint density at radius 3 is 2.21 bits per heavy atom. The molecule has 0 aromatic carbocycles. The Bertz CT molecular complexity index is 965. The highest BCUT2D eigenvalue weighted by Gasteiger charge is 2.70. The fraction of sp³-hybridized carbons (Fsp3) is 0.867. The van der Waals surface area contributed by atoms with Crippen LogP contribution in [-0.2, 0) is 9.59 Å². The number of aliphatic hydroxyl groups excluding tert-OH is 1. The van der Waals surface area contributed by atoms with Gasteiger partial charge in [0.05, 0.1) is 11.5 Å². The Hall–Kier alpha value is -1.16. The molecule has 0 amide bonds. The summed E-state index contributed by atoms with van der Waals surface area (Å²) >= 11 is 0. The second-order valence-electron chi connectivity index (χ2n) is 14.9. The maximum Gasteiger partial charge on any atom is 0.309 e. The number of carboxylic acid groups (broad SMARTS) is 1. The number of carboxylic acids is 1. The molecule has 5 aliphatic rings. The minimum absolute atomic E-state index is 0.0296. The van der Waals surface area contributed by atoms with Crippen molar-refractivity contribution in [2.75, 3.05) is 0 Å². The van der Waals surface area contributed by atoms with Crippen molar-refractivity contribution >= 4 is 11.8 Å². The van der Waals surface area contributed by atoms with Gasteiger partial charge in [-0.05, 0) is 110 Å². The molecule has 0 spiro atoms. The Balaban J connectivity index is 1.62. The average Bonchev–Trinajstić information content (AvgIpc) is 2.73. The first-order valence-corrected chi connectivity index (χ1v) is 13.7. The molecule has 0 heterocycles. The molecule has 0 radical (unpaired) electrons. The van der Waals surface area contributed by atoms with Crippen molar-refractivity contribution in [1.82, 2.24) is 0 Å². The predicted molar refractivity (Wildman–Crippen MR) is 133 cm³/mol. The topological polar surface area (TPSA) is 74.6 Å². The lowest BCUT2D eigenvalue weighted by Crippen LogP contribution is -2.66. The summed E-state index contributed by atoms with van der Waals surface area (Å²) in [7, 11) is 0. The van der Waals surface area contributed by atoms with Crippen LogP contribution in [0.1, 0.15) is 106 Å². The summed E-state index contributed by atoms with van der Waals surface area (Å²) in [6.07, 6.45) is 9.95. The maximum absolute atomic E-state index is 14.2. The van der Waals surface area contributed by atoms with Crippen LogP contribution in [0.2, 0.25) is 0 Å². The summed E-state index contributed by atoms with van der Waals surface area (Å²) in [5.74, 6) is 0.0603. The van der Waals surface area contributed by atoms with Crippen LogP contribution in [0.4, 0.5) is 0 Å². The molecule has 0 aromatic heterocycles. The van der Waals surface area contributed by atoms with Gasteiger partial charge in [-0.2, -0.15) is 0 Å². The summed E-state index contributed by atoms with van der Waals surface area (Å²) in [5.41, 5.74) is 0.142. The van der Waals surface area contributed by atoms with Crippen molar-refractivity contribution in [2.45, 2.75) is 112 Å². The number of ketones is 1. The normalized spacial score (nSPS) is 54.1. The number of rotatable bonds is 1. The van der Waals surface area contributed by atoms with E-state index in [-0.39, 0.29) is 50.8 Å². The van der Waals surface area contributed by atoms with Gasteiger partial charge in [-0.25, -0.2) is 0 Å². The quantitative estimate of drug-likeness (QED) is 0.464. The summed E-state index contributed by atoms with van der Waals surface area (Å²) in [6, 6.07) is 0. The van der Waals surface area contributed by atoms with Crippen LogP contribution in [0.3, 0.4) is 0 Å². The van der Waals surface area contributed by atoms with E-state index in [1.165, 1.54) is 5.57 Å². The third-order valence-corrected chi connectivity index (χ3v) is 13.1. The van der Waals surface area contributed by atoms with Gasteiger partial charge in [0.15, 0.2) is 5.78 Å². The molecular weight excluding hydrogens is 424 g/mol. The Morgan fingerprint density at radius 2 is 1.56 bits per heavy atom. The van der Waals surface area contributed by atoms with E-state index in [9.17, 15) is 19.8 Å². The molecule has 34 heavy (non-hydrogen) atoms. The Labute approximate surface area is 206 Å². The monoisotopic (exact) mass is 470 g/mol.